The van der Waals surface area contributed by atoms with Gasteiger partial charge in [0, 0.05) is 52.1 Å². The van der Waals surface area contributed by atoms with Crippen LogP contribution in [0, 0.1) is 5.41 Å². The van der Waals surface area contributed by atoms with Crippen molar-refractivity contribution in [2.75, 3.05) is 46.8 Å². The van der Waals surface area contributed by atoms with Crippen LogP contribution in [0.25, 0.3) is 0 Å². The van der Waals surface area contributed by atoms with Gasteiger partial charge in [-0.2, -0.15) is 0 Å². The van der Waals surface area contributed by atoms with E-state index in [0.29, 0.717) is 25.4 Å². The molecule has 7 nitrogen and oxygen atoms in total. The standard InChI is InChI=1S/C24H38N4O3/c1-26(2)23(30)24(16-20-15-21(25-31-20)19-9-5-3-6-10-19)11-14-27(18-24)17-22(29)28-12-7-4-8-13-28/h15,19H,3-14,16-18H2,1-2H3/t24-/m0/s1. The lowest BCUT2D eigenvalue weighted by Crippen LogP contribution is -2.46. The average molecular weight is 431 g/mol. The summed E-state index contributed by atoms with van der Waals surface area (Å²) in [5.41, 5.74) is 0.506. The number of carbonyl (C=O) groups excluding carboxylic acids is 2. The van der Waals surface area contributed by atoms with Crippen LogP contribution in [-0.4, -0.2) is 78.5 Å². The van der Waals surface area contributed by atoms with Gasteiger partial charge in [-0.1, -0.05) is 24.4 Å². The quantitative estimate of drug-likeness (QED) is 0.694. The Kier molecular flexibility index (Phi) is 6.99. The Morgan fingerprint density at radius 1 is 1.10 bits per heavy atom. The first-order valence-electron chi connectivity index (χ1n) is 12.1. The lowest BCUT2D eigenvalue weighted by molar-refractivity contribution is -0.140. The molecule has 3 fully saturated rings. The number of nitrogens with zero attached hydrogens (tertiary/aromatic N) is 4. The van der Waals surface area contributed by atoms with E-state index in [4.69, 9.17) is 4.52 Å². The van der Waals surface area contributed by atoms with Crippen molar-refractivity contribution in [1.82, 2.24) is 19.9 Å². The third-order valence-electron chi connectivity index (χ3n) is 7.47. The van der Waals surface area contributed by atoms with Gasteiger partial charge in [0.1, 0.15) is 5.76 Å². The first-order valence-corrected chi connectivity index (χ1v) is 12.1. The first kappa shape index (κ1) is 22.3. The molecule has 2 saturated heterocycles. The molecule has 1 saturated carbocycles. The molecular weight excluding hydrogens is 392 g/mol. The van der Waals surface area contributed by atoms with Crippen LogP contribution in [0.1, 0.15) is 75.2 Å². The number of carbonyl (C=O) groups is 2. The maximum atomic E-state index is 13.3. The predicted molar refractivity (Wildman–Crippen MR) is 119 cm³/mol. The second-order valence-corrected chi connectivity index (χ2v) is 10.1. The van der Waals surface area contributed by atoms with Gasteiger partial charge < -0.3 is 14.3 Å². The topological polar surface area (TPSA) is 69.9 Å². The van der Waals surface area contributed by atoms with Gasteiger partial charge in [0.2, 0.25) is 11.8 Å². The third kappa shape index (κ3) is 5.13. The SMILES string of the molecule is CN(C)C(=O)[C@]1(Cc2cc(C3CCCCC3)no2)CCN(CC(=O)N2CCCCC2)C1. The van der Waals surface area contributed by atoms with Crippen LogP contribution < -0.4 is 0 Å². The number of rotatable bonds is 6. The van der Waals surface area contributed by atoms with Crippen LogP contribution in [0.5, 0.6) is 0 Å². The smallest absolute Gasteiger partial charge is 0.236 e. The largest absolute Gasteiger partial charge is 0.361 e. The summed E-state index contributed by atoms with van der Waals surface area (Å²) >= 11 is 0. The molecule has 0 aromatic carbocycles. The van der Waals surface area contributed by atoms with Gasteiger partial charge in [-0.05, 0) is 45.1 Å². The number of amides is 2. The van der Waals surface area contributed by atoms with Crippen LogP contribution in [0.3, 0.4) is 0 Å². The van der Waals surface area contributed by atoms with Crippen molar-refractivity contribution in [3.63, 3.8) is 0 Å². The second-order valence-electron chi connectivity index (χ2n) is 10.1. The van der Waals surface area contributed by atoms with Gasteiger partial charge in [-0.25, -0.2) is 0 Å². The Balaban J connectivity index is 1.43. The minimum absolute atomic E-state index is 0.121. The van der Waals surface area contributed by atoms with E-state index in [2.05, 4.69) is 16.1 Å². The molecule has 0 spiro atoms. The van der Waals surface area contributed by atoms with E-state index in [-0.39, 0.29) is 11.8 Å². The lowest BCUT2D eigenvalue weighted by Gasteiger charge is -2.31. The zero-order chi connectivity index (χ0) is 21.8. The van der Waals surface area contributed by atoms with Crippen LogP contribution in [-0.2, 0) is 16.0 Å². The molecule has 7 heteroatoms. The summed E-state index contributed by atoms with van der Waals surface area (Å²) in [7, 11) is 3.64. The Morgan fingerprint density at radius 2 is 1.81 bits per heavy atom. The Morgan fingerprint density at radius 3 is 2.52 bits per heavy atom. The molecule has 3 aliphatic rings. The minimum Gasteiger partial charge on any atom is -0.361 e. The fourth-order valence-electron chi connectivity index (χ4n) is 5.73. The molecule has 1 aliphatic carbocycles. The second kappa shape index (κ2) is 9.72. The monoisotopic (exact) mass is 430 g/mol. The minimum atomic E-state index is -0.547. The molecule has 172 valence electrons. The molecule has 0 radical (unpaired) electrons. The van der Waals surface area contributed by atoms with Gasteiger partial charge in [0.05, 0.1) is 17.7 Å². The molecular formula is C24H38N4O3. The van der Waals surface area contributed by atoms with Crippen molar-refractivity contribution in [2.24, 2.45) is 5.41 Å². The predicted octanol–water partition coefficient (Wildman–Crippen LogP) is 3.06. The summed E-state index contributed by atoms with van der Waals surface area (Å²) in [6.07, 6.45) is 10.9. The highest BCUT2D eigenvalue weighted by Crippen LogP contribution is 2.38. The lowest BCUT2D eigenvalue weighted by atomic mass is 9.80. The van der Waals surface area contributed by atoms with Gasteiger partial charge in [0.25, 0.3) is 0 Å². The van der Waals surface area contributed by atoms with E-state index in [1.165, 1.54) is 38.5 Å². The average Bonchev–Trinajstić information content (AvgIpc) is 3.42. The van der Waals surface area contributed by atoms with Crippen molar-refractivity contribution < 1.29 is 14.1 Å². The summed E-state index contributed by atoms with van der Waals surface area (Å²) in [5, 5.41) is 4.37. The summed E-state index contributed by atoms with van der Waals surface area (Å²) in [6, 6.07) is 2.09. The molecule has 4 rings (SSSR count). The van der Waals surface area contributed by atoms with E-state index in [1.807, 2.05) is 19.0 Å². The first-order chi connectivity index (χ1) is 15.0. The maximum Gasteiger partial charge on any atom is 0.236 e. The fraction of sp³-hybridized carbons (Fsp3) is 0.792. The molecule has 1 aromatic heterocycles. The summed E-state index contributed by atoms with van der Waals surface area (Å²) in [5.74, 6) is 1.62. The van der Waals surface area contributed by atoms with Crippen molar-refractivity contribution in [3.05, 3.63) is 17.5 Å². The van der Waals surface area contributed by atoms with E-state index in [1.54, 1.807) is 4.90 Å². The van der Waals surface area contributed by atoms with Crippen LogP contribution in [0.15, 0.2) is 10.6 Å². The van der Waals surface area contributed by atoms with Crippen LogP contribution >= 0.6 is 0 Å². The van der Waals surface area contributed by atoms with E-state index >= 15 is 0 Å². The van der Waals surface area contributed by atoms with Crippen LogP contribution in [0.2, 0.25) is 0 Å². The Labute approximate surface area is 186 Å². The number of likely N-dealkylation sites (tertiary alicyclic amines) is 2. The number of hydrogen-bond acceptors (Lipinski definition) is 5. The molecule has 0 unspecified atom stereocenters. The molecule has 1 atom stereocenters. The van der Waals surface area contributed by atoms with Crippen molar-refractivity contribution in [2.45, 2.75) is 70.1 Å². The molecule has 3 heterocycles. The van der Waals surface area contributed by atoms with Gasteiger partial charge >= 0.3 is 0 Å². The number of hydrogen-bond donors (Lipinski definition) is 0. The van der Waals surface area contributed by atoms with E-state index in [0.717, 1.165) is 50.4 Å². The van der Waals surface area contributed by atoms with Gasteiger partial charge in [0.15, 0.2) is 0 Å². The molecule has 0 N–H and O–H groups in total. The molecule has 31 heavy (non-hydrogen) atoms. The Bertz CT molecular complexity index is 765. The fourth-order valence-corrected chi connectivity index (χ4v) is 5.73. The molecule has 2 aliphatic heterocycles. The highest BCUT2D eigenvalue weighted by atomic mass is 16.5. The summed E-state index contributed by atoms with van der Waals surface area (Å²) in [6.45, 7) is 3.52. The highest BCUT2D eigenvalue weighted by molar-refractivity contribution is 5.84. The maximum absolute atomic E-state index is 13.3. The third-order valence-corrected chi connectivity index (χ3v) is 7.47. The van der Waals surface area contributed by atoms with Gasteiger partial charge in [-0.3, -0.25) is 14.5 Å². The molecule has 0 bridgehead atoms. The summed E-state index contributed by atoms with van der Waals surface area (Å²) in [4.78, 5) is 31.9. The Hall–Kier alpha value is -1.89. The van der Waals surface area contributed by atoms with Crippen molar-refractivity contribution in [3.8, 4) is 0 Å². The van der Waals surface area contributed by atoms with Crippen molar-refractivity contribution in [1.29, 1.82) is 0 Å². The number of aromatic nitrogens is 1. The van der Waals surface area contributed by atoms with Crippen molar-refractivity contribution >= 4 is 11.8 Å². The molecule has 2 amide bonds. The van der Waals surface area contributed by atoms with Crippen LogP contribution in [0.4, 0.5) is 0 Å². The van der Waals surface area contributed by atoms with Gasteiger partial charge in [-0.15, -0.1) is 0 Å². The zero-order valence-electron chi connectivity index (χ0n) is 19.3. The van der Waals surface area contributed by atoms with E-state index < -0.39 is 5.41 Å². The zero-order valence-corrected chi connectivity index (χ0v) is 19.3. The highest BCUT2D eigenvalue weighted by Gasteiger charge is 2.47. The molecule has 1 aromatic rings. The summed E-state index contributed by atoms with van der Waals surface area (Å²) < 4.78 is 5.73. The normalized spacial score (nSPS) is 25.7. The number of piperidine rings is 1. The van der Waals surface area contributed by atoms with E-state index in [9.17, 15) is 9.59 Å².